The maximum atomic E-state index is 12.6. The second-order valence-corrected chi connectivity index (χ2v) is 7.04. The molecule has 2 amide bonds. The van der Waals surface area contributed by atoms with Gasteiger partial charge < -0.3 is 15.0 Å². The lowest BCUT2D eigenvalue weighted by Gasteiger charge is -2.17. The zero-order chi connectivity index (χ0) is 21.9. The van der Waals surface area contributed by atoms with Crippen molar-refractivity contribution in [1.82, 2.24) is 0 Å². The van der Waals surface area contributed by atoms with Gasteiger partial charge in [0.1, 0.15) is 11.8 Å². The summed E-state index contributed by atoms with van der Waals surface area (Å²) in [6.45, 7) is -1.38. The number of hydrogen-bond donors (Lipinski definition) is 1. The second-order valence-electron chi connectivity index (χ2n) is 6.60. The molecule has 1 aliphatic heterocycles. The first-order chi connectivity index (χ1) is 14.2. The van der Waals surface area contributed by atoms with Crippen LogP contribution in [0.1, 0.15) is 12.0 Å². The second kappa shape index (κ2) is 8.63. The van der Waals surface area contributed by atoms with Gasteiger partial charge in [-0.05, 0) is 36.4 Å². The summed E-state index contributed by atoms with van der Waals surface area (Å²) in [6, 6.07) is 12.2. The average Bonchev–Trinajstić information content (AvgIpc) is 3.08. The number of rotatable bonds is 5. The minimum atomic E-state index is -4.54. The lowest BCUT2D eigenvalue weighted by Crippen LogP contribution is -2.28. The summed E-state index contributed by atoms with van der Waals surface area (Å²) in [6.07, 6.45) is -4.54. The normalized spacial score (nSPS) is 16.3. The van der Waals surface area contributed by atoms with E-state index in [1.54, 1.807) is 30.3 Å². The summed E-state index contributed by atoms with van der Waals surface area (Å²) in [7, 11) is 0. The molecule has 1 heterocycles. The summed E-state index contributed by atoms with van der Waals surface area (Å²) < 4.78 is 41.5. The van der Waals surface area contributed by atoms with Gasteiger partial charge in [-0.15, -0.1) is 0 Å². The molecule has 0 radical (unpaired) electrons. The lowest BCUT2D eigenvalue weighted by atomic mass is 10.1. The Bertz CT molecular complexity index is 1020. The SMILES string of the molecule is N#Cc1cc(NC(=O)C2CC(=O)N(c3cccc(Cl)c3)C2)ccc1OCC(F)(F)F. The first-order valence-corrected chi connectivity index (χ1v) is 9.14. The molecule has 0 spiro atoms. The molecule has 2 aromatic carbocycles. The minimum absolute atomic E-state index is 0.00374. The van der Waals surface area contributed by atoms with Crippen molar-refractivity contribution in [3.8, 4) is 11.8 Å². The van der Waals surface area contributed by atoms with Gasteiger partial charge in [0.05, 0.1) is 11.5 Å². The molecule has 156 valence electrons. The molecule has 0 saturated carbocycles. The van der Waals surface area contributed by atoms with Gasteiger partial charge in [0.2, 0.25) is 11.8 Å². The Morgan fingerprint density at radius 3 is 2.73 bits per heavy atom. The maximum absolute atomic E-state index is 12.6. The van der Waals surface area contributed by atoms with Gasteiger partial charge in [-0.2, -0.15) is 18.4 Å². The third-order valence-corrected chi connectivity index (χ3v) is 4.61. The van der Waals surface area contributed by atoms with Crippen LogP contribution in [0.25, 0.3) is 0 Å². The first kappa shape index (κ1) is 21.5. The molecule has 0 bridgehead atoms. The molecule has 1 saturated heterocycles. The van der Waals surface area contributed by atoms with Crippen molar-refractivity contribution in [3.05, 3.63) is 53.1 Å². The quantitative estimate of drug-likeness (QED) is 0.762. The fourth-order valence-corrected chi connectivity index (χ4v) is 3.19. The number of nitrogens with one attached hydrogen (secondary N) is 1. The van der Waals surface area contributed by atoms with Crippen molar-refractivity contribution in [2.45, 2.75) is 12.6 Å². The largest absolute Gasteiger partial charge is 0.483 e. The smallest absolute Gasteiger partial charge is 0.422 e. The van der Waals surface area contributed by atoms with Crippen LogP contribution in [0, 0.1) is 17.2 Å². The molecule has 1 aliphatic rings. The predicted octanol–water partition coefficient (Wildman–Crippen LogP) is 4.14. The highest BCUT2D eigenvalue weighted by Crippen LogP contribution is 2.29. The molecule has 1 fully saturated rings. The van der Waals surface area contributed by atoms with Gasteiger partial charge in [0.15, 0.2) is 6.61 Å². The number of amides is 2. The Morgan fingerprint density at radius 1 is 1.30 bits per heavy atom. The molecule has 1 unspecified atom stereocenters. The van der Waals surface area contributed by atoms with E-state index in [1.807, 2.05) is 0 Å². The number of hydrogen-bond acceptors (Lipinski definition) is 4. The molecule has 30 heavy (non-hydrogen) atoms. The van der Waals surface area contributed by atoms with E-state index in [9.17, 15) is 22.8 Å². The van der Waals surface area contributed by atoms with E-state index >= 15 is 0 Å². The highest BCUT2D eigenvalue weighted by Gasteiger charge is 2.35. The zero-order valence-corrected chi connectivity index (χ0v) is 16.1. The Hall–Kier alpha value is -3.25. The van der Waals surface area contributed by atoms with E-state index in [1.165, 1.54) is 23.1 Å². The number of nitrogens with zero attached hydrogens (tertiary/aromatic N) is 2. The van der Waals surface area contributed by atoms with Crippen LogP contribution >= 0.6 is 11.6 Å². The van der Waals surface area contributed by atoms with Gasteiger partial charge in [0.25, 0.3) is 0 Å². The van der Waals surface area contributed by atoms with E-state index < -0.39 is 24.6 Å². The van der Waals surface area contributed by atoms with E-state index in [0.29, 0.717) is 10.7 Å². The van der Waals surface area contributed by atoms with Crippen LogP contribution in [0.5, 0.6) is 5.75 Å². The topological polar surface area (TPSA) is 82.4 Å². The van der Waals surface area contributed by atoms with Crippen molar-refractivity contribution < 1.29 is 27.5 Å². The van der Waals surface area contributed by atoms with E-state index in [2.05, 4.69) is 10.1 Å². The van der Waals surface area contributed by atoms with Gasteiger partial charge in [0, 0.05) is 29.4 Å². The number of anilines is 2. The maximum Gasteiger partial charge on any atom is 0.422 e. The number of halogens is 4. The molecule has 1 atom stereocenters. The molecule has 0 aliphatic carbocycles. The highest BCUT2D eigenvalue weighted by molar-refractivity contribution is 6.31. The molecule has 1 N–H and O–H groups in total. The Labute approximate surface area is 174 Å². The van der Waals surface area contributed by atoms with E-state index in [4.69, 9.17) is 16.9 Å². The summed E-state index contributed by atoms with van der Waals surface area (Å²) in [5, 5.41) is 12.2. The summed E-state index contributed by atoms with van der Waals surface area (Å²) in [5.74, 6) is -1.55. The van der Waals surface area contributed by atoms with Gasteiger partial charge >= 0.3 is 6.18 Å². The molecule has 0 aromatic heterocycles. The number of carbonyl (C=O) groups excluding carboxylic acids is 2. The first-order valence-electron chi connectivity index (χ1n) is 8.77. The van der Waals surface area contributed by atoms with E-state index in [-0.39, 0.29) is 35.9 Å². The summed E-state index contributed by atoms with van der Waals surface area (Å²) in [5.41, 5.74) is 0.644. The van der Waals surface area contributed by atoms with Crippen LogP contribution in [0.2, 0.25) is 5.02 Å². The monoisotopic (exact) mass is 437 g/mol. The van der Waals surface area contributed by atoms with Crippen LogP contribution in [-0.2, 0) is 9.59 Å². The molecule has 3 rings (SSSR count). The number of benzene rings is 2. The van der Waals surface area contributed by atoms with Crippen LogP contribution < -0.4 is 15.0 Å². The van der Waals surface area contributed by atoms with E-state index in [0.717, 1.165) is 0 Å². The van der Waals surface area contributed by atoms with Gasteiger partial charge in [-0.1, -0.05) is 17.7 Å². The number of ether oxygens (including phenoxy) is 1. The van der Waals surface area contributed by atoms with Crippen LogP contribution in [0.4, 0.5) is 24.5 Å². The number of carbonyl (C=O) groups is 2. The number of nitriles is 1. The number of alkyl halides is 3. The summed E-state index contributed by atoms with van der Waals surface area (Å²) in [4.78, 5) is 26.3. The summed E-state index contributed by atoms with van der Waals surface area (Å²) >= 11 is 5.95. The molecule has 2 aromatic rings. The zero-order valence-electron chi connectivity index (χ0n) is 15.4. The van der Waals surface area contributed by atoms with Crippen molar-refractivity contribution in [1.29, 1.82) is 5.26 Å². The van der Waals surface area contributed by atoms with Crippen LogP contribution in [0.3, 0.4) is 0 Å². The Kier molecular flexibility index (Phi) is 6.17. The molecular weight excluding hydrogens is 423 g/mol. The van der Waals surface area contributed by atoms with Crippen molar-refractivity contribution in [3.63, 3.8) is 0 Å². The van der Waals surface area contributed by atoms with Crippen molar-refractivity contribution in [2.24, 2.45) is 5.92 Å². The Balaban J connectivity index is 1.67. The molecular formula is C20H15ClF3N3O3. The van der Waals surface area contributed by atoms with Gasteiger partial charge in [-0.3, -0.25) is 9.59 Å². The fraction of sp³-hybridized carbons (Fsp3) is 0.250. The molecule has 10 heteroatoms. The third-order valence-electron chi connectivity index (χ3n) is 4.37. The van der Waals surface area contributed by atoms with Crippen LogP contribution in [-0.4, -0.2) is 31.1 Å². The Morgan fingerprint density at radius 2 is 2.07 bits per heavy atom. The third kappa shape index (κ3) is 5.21. The van der Waals surface area contributed by atoms with Crippen LogP contribution in [0.15, 0.2) is 42.5 Å². The lowest BCUT2D eigenvalue weighted by molar-refractivity contribution is -0.153. The average molecular weight is 438 g/mol. The predicted molar refractivity (Wildman–Crippen MR) is 103 cm³/mol. The van der Waals surface area contributed by atoms with Gasteiger partial charge in [-0.25, -0.2) is 0 Å². The van der Waals surface area contributed by atoms with Crippen molar-refractivity contribution >= 4 is 34.8 Å². The minimum Gasteiger partial charge on any atom is -0.483 e. The fourth-order valence-electron chi connectivity index (χ4n) is 3.00. The highest BCUT2D eigenvalue weighted by atomic mass is 35.5. The standard InChI is InChI=1S/C20H15ClF3N3O3/c21-14-2-1-3-16(8-14)27-10-13(7-18(27)28)19(29)26-15-4-5-17(12(6-15)9-25)30-11-20(22,23)24/h1-6,8,13H,7,10-11H2,(H,26,29). The van der Waals surface area contributed by atoms with Crippen molar-refractivity contribution in [2.75, 3.05) is 23.4 Å². The molecule has 6 nitrogen and oxygen atoms in total.